The molecule has 16 rings (SSSR count). The Labute approximate surface area is 458 Å². The van der Waals surface area contributed by atoms with Crippen molar-refractivity contribution in [1.29, 1.82) is 10.5 Å². The normalized spacial score (nSPS) is 11.7. The molecule has 5 heterocycles. The zero-order valence-electron chi connectivity index (χ0n) is 42.8. The molecule has 0 aliphatic rings. The summed E-state index contributed by atoms with van der Waals surface area (Å²) >= 11 is 0. The lowest BCUT2D eigenvalue weighted by Gasteiger charge is -2.14. The van der Waals surface area contributed by atoms with E-state index in [1.807, 2.05) is 54.6 Å². The summed E-state index contributed by atoms with van der Waals surface area (Å²) < 4.78 is 9.08. The number of benzene rings is 11. The van der Waals surface area contributed by atoms with Crippen molar-refractivity contribution >= 4 is 87.2 Å². The Kier molecular flexibility index (Phi) is 9.90. The van der Waals surface area contributed by atoms with Crippen LogP contribution in [-0.2, 0) is 0 Å². The lowest BCUT2D eigenvalue weighted by atomic mass is 10.0. The maximum atomic E-state index is 9.52. The predicted octanol–water partition coefficient (Wildman–Crippen LogP) is 17.6. The fourth-order valence-electron chi connectivity index (χ4n) is 12.4. The van der Waals surface area contributed by atoms with Crippen LogP contribution in [0.5, 0.6) is 0 Å². The van der Waals surface area contributed by atoms with Crippen LogP contribution in [0.3, 0.4) is 0 Å². The molecular formula is C72H42N8. The van der Waals surface area contributed by atoms with Gasteiger partial charge in [0.1, 0.15) is 5.82 Å². The molecule has 11 aromatic carbocycles. The van der Waals surface area contributed by atoms with E-state index in [0.717, 1.165) is 127 Å². The van der Waals surface area contributed by atoms with E-state index in [9.17, 15) is 10.5 Å². The van der Waals surface area contributed by atoms with E-state index in [1.165, 1.54) is 10.8 Å². The summed E-state index contributed by atoms with van der Waals surface area (Å²) in [6, 6.07) is 93.9. The van der Waals surface area contributed by atoms with E-state index in [2.05, 4.69) is 231 Å². The Morgan fingerprint density at radius 2 is 0.600 bits per heavy atom. The van der Waals surface area contributed by atoms with Gasteiger partial charge in [0, 0.05) is 66.1 Å². The van der Waals surface area contributed by atoms with Crippen LogP contribution in [0.4, 0.5) is 0 Å². The van der Waals surface area contributed by atoms with Gasteiger partial charge in [0.25, 0.3) is 0 Å². The largest absolute Gasteiger partial charge is 0.309 e. The zero-order valence-corrected chi connectivity index (χ0v) is 42.8. The van der Waals surface area contributed by atoms with Crippen LogP contribution in [0.15, 0.2) is 255 Å². The topological polar surface area (TPSA) is 93.1 Å². The average Bonchev–Trinajstić information content (AvgIpc) is 4.31. The van der Waals surface area contributed by atoms with Crippen molar-refractivity contribution in [3.63, 3.8) is 0 Å². The van der Waals surface area contributed by atoms with Gasteiger partial charge in [-0.15, -0.1) is 0 Å². The molecule has 370 valence electrons. The predicted molar refractivity (Wildman–Crippen MR) is 325 cm³/mol. The molecule has 0 unspecified atom stereocenters. The Morgan fingerprint density at radius 3 is 1.01 bits per heavy atom. The van der Waals surface area contributed by atoms with Gasteiger partial charge in [-0.3, -0.25) is 9.13 Å². The third kappa shape index (κ3) is 6.87. The van der Waals surface area contributed by atoms with Crippen LogP contribution in [0.25, 0.3) is 144 Å². The van der Waals surface area contributed by atoms with Gasteiger partial charge in [0.2, 0.25) is 5.95 Å². The fourth-order valence-corrected chi connectivity index (χ4v) is 12.4. The van der Waals surface area contributed by atoms with Crippen LogP contribution in [0.1, 0.15) is 11.1 Å². The standard InChI is InChI=1S/C72H42N8/c73-43-45-22-30-52(31-23-45)77-63-18-8-4-14-54(63)58-38-48(26-34-67(58)77)50-28-36-69-60(40-50)56-16-6-10-20-65(56)79(69)71-42-62(47-12-2-1-3-13-47)75-72(76-71)80-66-21-11-7-17-57(66)61-41-51(29-37-70(61)80)49-27-35-68-59(39-49)55-15-5-9-19-64(55)78(68)53-32-24-46(44-74)25-33-53/h1-42H. The van der Waals surface area contributed by atoms with Crippen molar-refractivity contribution in [3.8, 4) is 68.8 Å². The molecule has 8 heteroatoms. The second kappa shape index (κ2) is 17.6. The molecule has 0 radical (unpaired) electrons. The Morgan fingerprint density at radius 1 is 0.263 bits per heavy atom. The monoisotopic (exact) mass is 1020 g/mol. The first kappa shape index (κ1) is 44.9. The van der Waals surface area contributed by atoms with Crippen LogP contribution >= 0.6 is 0 Å². The number of para-hydroxylation sites is 4. The third-order valence-corrected chi connectivity index (χ3v) is 16.1. The molecule has 0 aliphatic heterocycles. The highest BCUT2D eigenvalue weighted by Gasteiger charge is 2.22. The quantitative estimate of drug-likeness (QED) is 0.159. The average molecular weight is 1020 g/mol. The van der Waals surface area contributed by atoms with Gasteiger partial charge in [-0.2, -0.15) is 15.5 Å². The first-order valence-corrected chi connectivity index (χ1v) is 26.7. The highest BCUT2D eigenvalue weighted by atomic mass is 15.2. The Hall–Kier alpha value is -11.3. The number of hydrogen-bond donors (Lipinski definition) is 0. The van der Waals surface area contributed by atoms with E-state index in [1.54, 1.807) is 0 Å². The van der Waals surface area contributed by atoms with E-state index >= 15 is 0 Å². The molecule has 0 amide bonds. The summed E-state index contributed by atoms with van der Waals surface area (Å²) in [5, 5.41) is 28.2. The highest BCUT2D eigenvalue weighted by molar-refractivity contribution is 6.15. The van der Waals surface area contributed by atoms with Gasteiger partial charge >= 0.3 is 0 Å². The summed E-state index contributed by atoms with van der Waals surface area (Å²) in [4.78, 5) is 11.0. The number of nitrogens with zero attached hydrogens (tertiary/aromatic N) is 8. The molecule has 16 aromatic rings. The second-order valence-corrected chi connectivity index (χ2v) is 20.4. The number of fused-ring (bicyclic) bond motifs is 12. The molecule has 0 spiro atoms. The number of nitriles is 2. The molecular weight excluding hydrogens is 977 g/mol. The van der Waals surface area contributed by atoms with Crippen molar-refractivity contribution in [1.82, 2.24) is 28.2 Å². The van der Waals surface area contributed by atoms with Crippen molar-refractivity contribution in [2.45, 2.75) is 0 Å². The molecule has 5 aromatic heterocycles. The summed E-state index contributed by atoms with van der Waals surface area (Å²) in [7, 11) is 0. The van der Waals surface area contributed by atoms with Gasteiger partial charge in [-0.05, 0) is 144 Å². The maximum Gasteiger partial charge on any atom is 0.237 e. The molecule has 80 heavy (non-hydrogen) atoms. The van der Waals surface area contributed by atoms with Gasteiger partial charge in [0.15, 0.2) is 0 Å². The molecule has 0 atom stereocenters. The van der Waals surface area contributed by atoms with Crippen LogP contribution in [-0.4, -0.2) is 28.2 Å². The van der Waals surface area contributed by atoms with Crippen LogP contribution in [0, 0.1) is 22.7 Å². The summed E-state index contributed by atoms with van der Waals surface area (Å²) in [5.41, 5.74) is 18.1. The molecule has 0 saturated carbocycles. The molecule has 0 aliphatic carbocycles. The van der Waals surface area contributed by atoms with E-state index in [-0.39, 0.29) is 0 Å². The summed E-state index contributed by atoms with van der Waals surface area (Å²) in [6.07, 6.45) is 0. The van der Waals surface area contributed by atoms with Crippen molar-refractivity contribution in [3.05, 3.63) is 266 Å². The number of hydrogen-bond acceptors (Lipinski definition) is 4. The van der Waals surface area contributed by atoms with Crippen molar-refractivity contribution < 1.29 is 0 Å². The van der Waals surface area contributed by atoms with Crippen LogP contribution < -0.4 is 0 Å². The van der Waals surface area contributed by atoms with Gasteiger partial charge < -0.3 is 9.13 Å². The van der Waals surface area contributed by atoms with Crippen molar-refractivity contribution in [2.75, 3.05) is 0 Å². The fraction of sp³-hybridized carbons (Fsp3) is 0. The minimum absolute atomic E-state index is 0.577. The summed E-state index contributed by atoms with van der Waals surface area (Å²) in [5.74, 6) is 1.34. The smallest absolute Gasteiger partial charge is 0.237 e. The first-order chi connectivity index (χ1) is 39.6. The molecule has 8 nitrogen and oxygen atoms in total. The SMILES string of the molecule is N#Cc1ccc(-n2c3ccccc3c3cc(-c4ccc5c(c4)c4ccccc4n5-c4cc(-c5ccccc5)nc(-n5c6ccccc6c6cc(-c7ccc8c(c7)c7ccccc7n8-c7ccc(C#N)cc7)ccc65)n4)ccc32)cc1. The minimum Gasteiger partial charge on any atom is -0.309 e. The maximum absolute atomic E-state index is 9.52. The number of aromatic nitrogens is 6. The van der Waals surface area contributed by atoms with Crippen LogP contribution in [0.2, 0.25) is 0 Å². The third-order valence-electron chi connectivity index (χ3n) is 16.1. The molecule has 0 saturated heterocycles. The molecule has 0 fully saturated rings. The van der Waals surface area contributed by atoms with Gasteiger partial charge in [-0.25, -0.2) is 4.98 Å². The highest BCUT2D eigenvalue weighted by Crippen LogP contribution is 2.41. The molecule has 0 bridgehead atoms. The zero-order chi connectivity index (χ0) is 53.0. The lowest BCUT2D eigenvalue weighted by molar-refractivity contribution is 0.952. The van der Waals surface area contributed by atoms with Gasteiger partial charge in [-0.1, -0.05) is 127 Å². The second-order valence-electron chi connectivity index (χ2n) is 20.4. The van der Waals surface area contributed by atoms with E-state index in [0.29, 0.717) is 17.1 Å². The van der Waals surface area contributed by atoms with Crippen molar-refractivity contribution in [2.24, 2.45) is 0 Å². The van der Waals surface area contributed by atoms with E-state index in [4.69, 9.17) is 9.97 Å². The minimum atomic E-state index is 0.577. The van der Waals surface area contributed by atoms with E-state index < -0.39 is 0 Å². The first-order valence-electron chi connectivity index (χ1n) is 26.7. The summed E-state index contributed by atoms with van der Waals surface area (Å²) in [6.45, 7) is 0. The lowest BCUT2D eigenvalue weighted by Crippen LogP contribution is -2.07. The Balaban J connectivity index is 0.844. The van der Waals surface area contributed by atoms with Gasteiger partial charge in [0.05, 0.1) is 73.1 Å². The molecule has 0 N–H and O–H groups in total. The number of rotatable bonds is 7. The Bertz CT molecular complexity index is 5000.